The van der Waals surface area contributed by atoms with Crippen LogP contribution in [0.15, 0.2) is 0 Å². The van der Waals surface area contributed by atoms with E-state index in [1.807, 2.05) is 6.92 Å². The molecule has 142 valence electrons. The first-order valence-electron chi connectivity index (χ1n) is 7.30. The van der Waals surface area contributed by atoms with Gasteiger partial charge in [0.05, 0.1) is 6.10 Å². The molecule has 1 aromatic rings. The molecule has 0 aliphatic heterocycles. The fourth-order valence-electron chi connectivity index (χ4n) is 1.80. The van der Waals surface area contributed by atoms with Gasteiger partial charge in [0.25, 0.3) is 0 Å². The molecule has 3 atom stereocenters. The van der Waals surface area contributed by atoms with Crippen molar-refractivity contribution in [3.05, 3.63) is 29.1 Å². The van der Waals surface area contributed by atoms with Crippen molar-refractivity contribution in [2.24, 2.45) is 0 Å². The van der Waals surface area contributed by atoms with Crippen molar-refractivity contribution in [2.75, 3.05) is 0 Å². The standard InChI is InChI=1S/C14H17F5NO4P/c1-4-5-6(2)23-14(21)7(3)20-25(22)24-13-11(18)9(16)8(15)10(17)12(13)19/h6-7,25H,4-5H2,1-3H3,(H,20,22)/t6-,7-/m0/s1. The molecule has 0 spiro atoms. The number of hydrogen-bond donors (Lipinski definition) is 1. The van der Waals surface area contributed by atoms with Gasteiger partial charge in [0.1, 0.15) is 6.04 Å². The summed E-state index contributed by atoms with van der Waals surface area (Å²) in [5.74, 6) is -13.8. The second kappa shape index (κ2) is 9.15. The van der Waals surface area contributed by atoms with Crippen LogP contribution in [0.25, 0.3) is 0 Å². The van der Waals surface area contributed by atoms with E-state index in [0.29, 0.717) is 6.42 Å². The van der Waals surface area contributed by atoms with Gasteiger partial charge in [0, 0.05) is 0 Å². The zero-order valence-electron chi connectivity index (χ0n) is 13.6. The number of hydrogen-bond acceptors (Lipinski definition) is 4. The van der Waals surface area contributed by atoms with Crippen molar-refractivity contribution in [3.63, 3.8) is 0 Å². The maximum atomic E-state index is 13.4. The quantitative estimate of drug-likeness (QED) is 0.241. The second-order valence-electron chi connectivity index (χ2n) is 5.19. The minimum atomic E-state index is -3.56. The van der Waals surface area contributed by atoms with Crippen LogP contribution in [0, 0.1) is 29.1 Å². The van der Waals surface area contributed by atoms with Gasteiger partial charge in [-0.2, -0.15) is 8.78 Å². The maximum Gasteiger partial charge on any atom is 0.323 e. The number of carbonyl (C=O) groups excluding carboxylic acids is 1. The predicted octanol–water partition coefficient (Wildman–Crippen LogP) is 3.86. The Bertz CT molecular complexity index is 644. The molecule has 0 fully saturated rings. The Kier molecular flexibility index (Phi) is 7.82. The van der Waals surface area contributed by atoms with Gasteiger partial charge in [0.2, 0.25) is 34.8 Å². The second-order valence-corrected chi connectivity index (χ2v) is 6.26. The summed E-state index contributed by atoms with van der Waals surface area (Å²) < 4.78 is 86.9. The lowest BCUT2D eigenvalue weighted by Crippen LogP contribution is -2.33. The van der Waals surface area contributed by atoms with Gasteiger partial charge in [-0.05, 0) is 20.3 Å². The summed E-state index contributed by atoms with van der Waals surface area (Å²) in [6.07, 6.45) is 0.949. The zero-order chi connectivity index (χ0) is 19.3. The van der Waals surface area contributed by atoms with Gasteiger partial charge >= 0.3 is 14.1 Å². The van der Waals surface area contributed by atoms with E-state index < -0.39 is 61.1 Å². The molecular weight excluding hydrogens is 372 g/mol. The molecule has 0 aliphatic rings. The monoisotopic (exact) mass is 389 g/mol. The number of nitrogens with one attached hydrogen (secondary N) is 1. The molecule has 0 radical (unpaired) electrons. The first-order chi connectivity index (χ1) is 11.6. The summed E-state index contributed by atoms with van der Waals surface area (Å²) in [5, 5.41) is 2.06. The topological polar surface area (TPSA) is 64.6 Å². The van der Waals surface area contributed by atoms with Gasteiger partial charge in [-0.3, -0.25) is 9.36 Å². The minimum absolute atomic E-state index is 0.403. The van der Waals surface area contributed by atoms with Crippen LogP contribution in [-0.2, 0) is 14.1 Å². The summed E-state index contributed by atoms with van der Waals surface area (Å²) in [6, 6.07) is -1.19. The molecule has 1 N–H and O–H groups in total. The maximum absolute atomic E-state index is 13.4. The average Bonchev–Trinajstić information content (AvgIpc) is 2.55. The Morgan fingerprint density at radius 2 is 1.52 bits per heavy atom. The van der Waals surface area contributed by atoms with Crippen molar-refractivity contribution >= 4 is 14.1 Å². The Morgan fingerprint density at radius 3 is 2.00 bits per heavy atom. The van der Waals surface area contributed by atoms with Crippen molar-refractivity contribution in [1.29, 1.82) is 0 Å². The molecule has 0 aromatic heterocycles. The van der Waals surface area contributed by atoms with Crippen LogP contribution in [0.5, 0.6) is 5.75 Å². The highest BCUT2D eigenvalue weighted by atomic mass is 31.1. The van der Waals surface area contributed by atoms with Gasteiger partial charge < -0.3 is 9.26 Å². The Hall–Kier alpha value is -1.67. The number of benzene rings is 1. The van der Waals surface area contributed by atoms with E-state index in [1.165, 1.54) is 6.92 Å². The SMILES string of the molecule is CCC[C@H](C)OC(=O)[C@H](C)N[PH](=O)Oc1c(F)c(F)c(F)c(F)c1F. The molecule has 11 heteroatoms. The molecule has 0 bridgehead atoms. The van der Waals surface area contributed by atoms with Crippen molar-refractivity contribution < 1.29 is 40.6 Å². The molecule has 0 aliphatic carbocycles. The molecule has 25 heavy (non-hydrogen) atoms. The van der Waals surface area contributed by atoms with Gasteiger partial charge in [-0.1, -0.05) is 13.3 Å². The minimum Gasteiger partial charge on any atom is -0.462 e. The van der Waals surface area contributed by atoms with E-state index in [0.717, 1.165) is 6.42 Å². The molecule has 1 unspecified atom stereocenters. The molecular formula is C14H17F5NO4P. The number of halogens is 5. The smallest absolute Gasteiger partial charge is 0.323 e. The largest absolute Gasteiger partial charge is 0.462 e. The van der Waals surface area contributed by atoms with Crippen molar-refractivity contribution in [3.8, 4) is 5.75 Å². The van der Waals surface area contributed by atoms with Crippen LogP contribution in [0.1, 0.15) is 33.6 Å². The number of esters is 1. The highest BCUT2D eigenvalue weighted by molar-refractivity contribution is 7.37. The van der Waals surface area contributed by atoms with E-state index in [1.54, 1.807) is 6.92 Å². The average molecular weight is 389 g/mol. The van der Waals surface area contributed by atoms with Crippen LogP contribution in [0.4, 0.5) is 22.0 Å². The van der Waals surface area contributed by atoms with E-state index in [-0.39, 0.29) is 0 Å². The molecule has 0 saturated carbocycles. The van der Waals surface area contributed by atoms with Crippen LogP contribution in [-0.4, -0.2) is 18.1 Å². The molecule has 0 amide bonds. The van der Waals surface area contributed by atoms with Crippen LogP contribution in [0.2, 0.25) is 0 Å². The van der Waals surface area contributed by atoms with Crippen molar-refractivity contribution in [2.45, 2.75) is 45.8 Å². The Balaban J connectivity index is 2.79. The first kappa shape index (κ1) is 21.4. The van der Waals surface area contributed by atoms with Crippen molar-refractivity contribution in [1.82, 2.24) is 5.09 Å². The summed E-state index contributed by atoms with van der Waals surface area (Å²) in [4.78, 5) is 11.7. The lowest BCUT2D eigenvalue weighted by Gasteiger charge is -2.17. The highest BCUT2D eigenvalue weighted by Crippen LogP contribution is 2.34. The van der Waals surface area contributed by atoms with Crippen LogP contribution >= 0.6 is 8.18 Å². The number of carbonyl (C=O) groups is 1. The highest BCUT2D eigenvalue weighted by Gasteiger charge is 2.29. The summed E-state index contributed by atoms with van der Waals surface area (Å²) >= 11 is 0. The predicted molar refractivity (Wildman–Crippen MR) is 78.9 cm³/mol. The molecule has 5 nitrogen and oxygen atoms in total. The van der Waals surface area contributed by atoms with E-state index in [9.17, 15) is 31.3 Å². The normalized spacial score (nSPS) is 14.7. The van der Waals surface area contributed by atoms with Gasteiger partial charge in [-0.15, -0.1) is 0 Å². The fraction of sp³-hybridized carbons (Fsp3) is 0.500. The molecule has 0 heterocycles. The Morgan fingerprint density at radius 1 is 1.04 bits per heavy atom. The molecule has 1 aromatic carbocycles. The summed E-state index contributed by atoms with van der Waals surface area (Å²) in [6.45, 7) is 4.76. The third kappa shape index (κ3) is 5.40. The van der Waals surface area contributed by atoms with Gasteiger partial charge in [-0.25, -0.2) is 18.3 Å². The van der Waals surface area contributed by atoms with Crippen LogP contribution in [0.3, 0.4) is 0 Å². The third-order valence-electron chi connectivity index (χ3n) is 3.06. The fourth-order valence-corrected chi connectivity index (χ4v) is 2.69. The third-order valence-corrected chi connectivity index (χ3v) is 4.12. The number of rotatable bonds is 8. The number of ether oxygens (including phenoxy) is 1. The lowest BCUT2D eigenvalue weighted by molar-refractivity contribution is -0.150. The van der Waals surface area contributed by atoms with E-state index in [2.05, 4.69) is 9.61 Å². The van der Waals surface area contributed by atoms with E-state index >= 15 is 0 Å². The lowest BCUT2D eigenvalue weighted by atomic mass is 10.2. The zero-order valence-corrected chi connectivity index (χ0v) is 14.6. The Labute approximate surface area is 141 Å². The summed E-state index contributed by atoms with van der Waals surface area (Å²) in [7, 11) is -3.56. The van der Waals surface area contributed by atoms with E-state index in [4.69, 9.17) is 4.74 Å². The van der Waals surface area contributed by atoms with Gasteiger partial charge in [0.15, 0.2) is 0 Å². The summed E-state index contributed by atoms with van der Waals surface area (Å²) in [5.41, 5.74) is 0. The molecule has 0 saturated heterocycles. The molecule has 1 rings (SSSR count). The first-order valence-corrected chi connectivity index (χ1v) is 8.62. The van der Waals surface area contributed by atoms with Crippen LogP contribution < -0.4 is 9.61 Å².